The first-order chi connectivity index (χ1) is 13.5. The van der Waals surface area contributed by atoms with Crippen LogP contribution in [0.5, 0.6) is 17.2 Å². The first-order valence-electron chi connectivity index (χ1n) is 8.90. The van der Waals surface area contributed by atoms with Crippen molar-refractivity contribution >= 4 is 23.1 Å². The molecular formula is C22H19O5P. The molecule has 3 aromatic carbocycles. The SMILES string of the molecule is COc1cccc2c1C1(O)c3c(OC)cccc3P2(=O)c2cccc(OC)c21. The van der Waals surface area contributed by atoms with E-state index in [0.29, 0.717) is 49.9 Å². The Balaban J connectivity index is 2.07. The lowest BCUT2D eigenvalue weighted by Gasteiger charge is -2.48. The van der Waals surface area contributed by atoms with Crippen LogP contribution in [0.4, 0.5) is 0 Å². The molecule has 28 heavy (non-hydrogen) atoms. The van der Waals surface area contributed by atoms with Crippen LogP contribution >= 0.6 is 7.14 Å². The molecule has 3 aromatic rings. The van der Waals surface area contributed by atoms with Gasteiger partial charge in [0.25, 0.3) is 0 Å². The zero-order valence-electron chi connectivity index (χ0n) is 15.7. The van der Waals surface area contributed by atoms with Gasteiger partial charge < -0.3 is 23.9 Å². The fourth-order valence-corrected chi connectivity index (χ4v) is 8.14. The van der Waals surface area contributed by atoms with Crippen LogP contribution in [-0.4, -0.2) is 26.4 Å². The van der Waals surface area contributed by atoms with Gasteiger partial charge in [-0.15, -0.1) is 0 Å². The van der Waals surface area contributed by atoms with Crippen molar-refractivity contribution in [3.05, 3.63) is 71.3 Å². The van der Waals surface area contributed by atoms with Gasteiger partial charge in [0.15, 0.2) is 12.7 Å². The normalized spacial score (nSPS) is 23.4. The average molecular weight is 394 g/mol. The molecule has 0 saturated heterocycles. The third-order valence-electron chi connectivity index (χ3n) is 5.78. The zero-order chi connectivity index (χ0) is 19.7. The van der Waals surface area contributed by atoms with Gasteiger partial charge >= 0.3 is 0 Å². The Bertz CT molecular complexity index is 1040. The summed E-state index contributed by atoms with van der Waals surface area (Å²) in [6.07, 6.45) is 0. The van der Waals surface area contributed by atoms with E-state index in [9.17, 15) is 9.67 Å². The summed E-state index contributed by atoms with van der Waals surface area (Å²) in [6.45, 7) is 0. The van der Waals surface area contributed by atoms with E-state index in [-0.39, 0.29) is 0 Å². The third kappa shape index (κ3) is 1.74. The number of methoxy groups -OCH3 is 3. The highest BCUT2D eigenvalue weighted by atomic mass is 31.2. The number of benzene rings is 3. The van der Waals surface area contributed by atoms with Crippen LogP contribution in [0.2, 0.25) is 0 Å². The molecule has 0 radical (unpaired) electrons. The van der Waals surface area contributed by atoms with Crippen molar-refractivity contribution in [2.24, 2.45) is 0 Å². The molecule has 3 aliphatic rings. The van der Waals surface area contributed by atoms with E-state index in [0.717, 1.165) is 0 Å². The fraction of sp³-hybridized carbons (Fsp3) is 0.182. The molecule has 6 rings (SSSR count). The lowest BCUT2D eigenvalue weighted by Crippen LogP contribution is -2.54. The predicted molar refractivity (Wildman–Crippen MR) is 108 cm³/mol. The highest BCUT2D eigenvalue weighted by molar-refractivity contribution is 7.86. The second kappa shape index (κ2) is 5.63. The minimum atomic E-state index is -3.26. The molecule has 0 atom stereocenters. The Morgan fingerprint density at radius 1 is 0.679 bits per heavy atom. The molecule has 0 spiro atoms. The van der Waals surface area contributed by atoms with Crippen LogP contribution in [0.25, 0.3) is 0 Å². The number of hydrogen-bond donors (Lipinski definition) is 1. The van der Waals surface area contributed by atoms with Gasteiger partial charge in [-0.25, -0.2) is 0 Å². The van der Waals surface area contributed by atoms with Gasteiger partial charge in [-0.05, 0) is 18.2 Å². The van der Waals surface area contributed by atoms with Crippen LogP contribution in [0, 0.1) is 0 Å². The minimum absolute atomic E-state index is 0.480. The van der Waals surface area contributed by atoms with Gasteiger partial charge in [0.05, 0.1) is 21.3 Å². The van der Waals surface area contributed by atoms with Gasteiger partial charge in [0, 0.05) is 32.6 Å². The average Bonchev–Trinajstić information content (AvgIpc) is 2.75. The summed E-state index contributed by atoms with van der Waals surface area (Å²) in [5.41, 5.74) is -0.127. The van der Waals surface area contributed by atoms with Gasteiger partial charge in [0.1, 0.15) is 17.2 Å². The quantitative estimate of drug-likeness (QED) is 0.691. The summed E-state index contributed by atoms with van der Waals surface area (Å²) < 4.78 is 31.5. The van der Waals surface area contributed by atoms with Crippen molar-refractivity contribution in [3.8, 4) is 17.2 Å². The molecule has 1 N–H and O–H groups in total. The van der Waals surface area contributed by atoms with Gasteiger partial charge in [-0.1, -0.05) is 36.4 Å². The van der Waals surface area contributed by atoms with Crippen LogP contribution in [0.3, 0.4) is 0 Å². The van der Waals surface area contributed by atoms with Crippen molar-refractivity contribution in [1.29, 1.82) is 0 Å². The second-order valence-corrected chi connectivity index (χ2v) is 9.55. The molecule has 6 heteroatoms. The Morgan fingerprint density at radius 2 is 1.00 bits per heavy atom. The highest BCUT2D eigenvalue weighted by Crippen LogP contribution is 2.63. The number of hydrogen-bond acceptors (Lipinski definition) is 5. The van der Waals surface area contributed by atoms with Crippen LogP contribution < -0.4 is 30.1 Å². The summed E-state index contributed by atoms with van der Waals surface area (Å²) >= 11 is 0. The summed E-state index contributed by atoms with van der Waals surface area (Å²) in [4.78, 5) is 0. The second-order valence-electron chi connectivity index (χ2n) is 6.88. The maximum absolute atomic E-state index is 14.8. The van der Waals surface area contributed by atoms with Gasteiger partial charge in [0.2, 0.25) is 0 Å². The van der Waals surface area contributed by atoms with Crippen molar-refractivity contribution in [1.82, 2.24) is 0 Å². The molecule has 2 bridgehead atoms. The maximum atomic E-state index is 14.8. The summed E-state index contributed by atoms with van der Waals surface area (Å²) in [7, 11) is 1.37. The Labute approximate surface area is 162 Å². The zero-order valence-corrected chi connectivity index (χ0v) is 16.6. The van der Waals surface area contributed by atoms with E-state index < -0.39 is 12.7 Å². The van der Waals surface area contributed by atoms with Gasteiger partial charge in [-0.2, -0.15) is 0 Å². The minimum Gasteiger partial charge on any atom is -0.496 e. The monoisotopic (exact) mass is 394 g/mol. The standard InChI is InChI=1S/C22H19O5P/c1-25-13-7-4-10-16-19(13)22(23)20-14(26-2)8-5-11-17(20)28(16,24)18-12-6-9-15(27-3)21(18)22/h4-12,23H,1-3H3. The van der Waals surface area contributed by atoms with Crippen molar-refractivity contribution < 1.29 is 23.9 Å². The molecular weight excluding hydrogens is 375 g/mol. The molecule has 3 heterocycles. The molecule has 0 aliphatic carbocycles. The van der Waals surface area contributed by atoms with Gasteiger partial charge in [-0.3, -0.25) is 0 Å². The van der Waals surface area contributed by atoms with Crippen molar-refractivity contribution in [2.45, 2.75) is 5.60 Å². The van der Waals surface area contributed by atoms with E-state index in [1.807, 2.05) is 18.2 Å². The molecule has 0 saturated carbocycles. The largest absolute Gasteiger partial charge is 0.496 e. The van der Waals surface area contributed by atoms with Crippen LogP contribution in [-0.2, 0) is 10.2 Å². The van der Waals surface area contributed by atoms with E-state index >= 15 is 0 Å². The van der Waals surface area contributed by atoms with E-state index in [1.54, 1.807) is 57.7 Å². The molecule has 0 amide bonds. The number of aliphatic hydroxyl groups is 1. The van der Waals surface area contributed by atoms with Crippen LogP contribution in [0.15, 0.2) is 54.6 Å². The Morgan fingerprint density at radius 3 is 1.29 bits per heavy atom. The maximum Gasteiger partial charge on any atom is 0.172 e. The number of ether oxygens (including phenoxy) is 3. The molecule has 0 aromatic heterocycles. The smallest absolute Gasteiger partial charge is 0.172 e. The lowest BCUT2D eigenvalue weighted by atomic mass is 9.77. The van der Waals surface area contributed by atoms with E-state index in [4.69, 9.17) is 14.2 Å². The summed E-state index contributed by atoms with van der Waals surface area (Å²) in [5.74, 6) is 1.44. The topological polar surface area (TPSA) is 65.0 Å². The molecule has 142 valence electrons. The first kappa shape index (κ1) is 17.4. The fourth-order valence-electron chi connectivity index (χ4n) is 4.71. The van der Waals surface area contributed by atoms with Crippen LogP contribution in [0.1, 0.15) is 16.7 Å². The summed E-state index contributed by atoms with van der Waals surface area (Å²) in [5, 5.41) is 14.1. The van der Waals surface area contributed by atoms with Crippen molar-refractivity contribution in [2.75, 3.05) is 21.3 Å². The molecule has 0 fully saturated rings. The molecule has 3 aliphatic heterocycles. The number of rotatable bonds is 3. The third-order valence-corrected chi connectivity index (χ3v) is 8.93. The Kier molecular flexibility index (Phi) is 3.49. The summed E-state index contributed by atoms with van der Waals surface area (Å²) in [6, 6.07) is 16.2. The lowest BCUT2D eigenvalue weighted by molar-refractivity contribution is 0.116. The highest BCUT2D eigenvalue weighted by Gasteiger charge is 2.60. The van der Waals surface area contributed by atoms with E-state index in [1.165, 1.54) is 0 Å². The Hall–Kier alpha value is -2.75. The van der Waals surface area contributed by atoms with E-state index in [2.05, 4.69) is 0 Å². The molecule has 0 unspecified atom stereocenters. The van der Waals surface area contributed by atoms with Crippen molar-refractivity contribution in [3.63, 3.8) is 0 Å². The predicted octanol–water partition coefficient (Wildman–Crippen LogP) is 2.26. The molecule has 5 nitrogen and oxygen atoms in total. The first-order valence-corrected chi connectivity index (χ1v) is 10.6.